The predicted molar refractivity (Wildman–Crippen MR) is 89.5 cm³/mol. The number of hydrogen-bond acceptors (Lipinski definition) is 4. The number of rotatable bonds is 4. The molecule has 0 radical (unpaired) electrons. The number of thiazole rings is 1. The van der Waals surface area contributed by atoms with Crippen LogP contribution in [-0.2, 0) is 12.0 Å². The first-order chi connectivity index (χ1) is 9.81. The van der Waals surface area contributed by atoms with Crippen molar-refractivity contribution in [2.45, 2.75) is 39.7 Å². The van der Waals surface area contributed by atoms with E-state index in [4.69, 9.17) is 0 Å². The minimum atomic E-state index is -0.115. The van der Waals surface area contributed by atoms with E-state index < -0.39 is 0 Å². The summed E-state index contributed by atoms with van der Waals surface area (Å²) in [6.07, 6.45) is 0.918. The lowest BCUT2D eigenvalue weighted by atomic mass is 9.91. The fraction of sp³-hybridized carbons (Fsp3) is 0.412. The maximum atomic E-state index is 11.3. The summed E-state index contributed by atoms with van der Waals surface area (Å²) in [5.74, 6) is 0. The molecule has 0 bridgehead atoms. The van der Waals surface area contributed by atoms with Crippen LogP contribution >= 0.6 is 11.3 Å². The molecule has 2 rings (SSSR count). The van der Waals surface area contributed by atoms with Crippen molar-refractivity contribution in [3.63, 3.8) is 0 Å². The van der Waals surface area contributed by atoms with E-state index in [9.17, 15) is 4.79 Å². The van der Waals surface area contributed by atoms with E-state index in [0.717, 1.165) is 28.5 Å². The van der Waals surface area contributed by atoms with Gasteiger partial charge in [0, 0.05) is 19.0 Å². The maximum absolute atomic E-state index is 11.3. The number of nitrogens with zero attached hydrogens (tertiary/aromatic N) is 2. The summed E-state index contributed by atoms with van der Waals surface area (Å²) in [4.78, 5) is 18.8. The highest BCUT2D eigenvalue weighted by molar-refractivity contribution is 7.17. The van der Waals surface area contributed by atoms with Crippen LogP contribution in [0.15, 0.2) is 24.3 Å². The van der Waals surface area contributed by atoms with Crippen molar-refractivity contribution in [2.24, 2.45) is 0 Å². The summed E-state index contributed by atoms with van der Waals surface area (Å²) < 4.78 is 0. The molecule has 0 spiro atoms. The summed E-state index contributed by atoms with van der Waals surface area (Å²) in [6.45, 7) is 9.12. The molecule has 4 heteroatoms. The molecule has 0 aliphatic carbocycles. The van der Waals surface area contributed by atoms with Gasteiger partial charge in [-0.15, -0.1) is 0 Å². The molecule has 1 aromatic heterocycles. The molecule has 0 atom stereocenters. The first kappa shape index (κ1) is 15.7. The third-order valence-corrected chi connectivity index (χ3v) is 4.42. The Bertz CT molecular complexity index is 623. The maximum Gasteiger partial charge on any atom is 0.186 e. The van der Waals surface area contributed by atoms with Crippen molar-refractivity contribution in [1.29, 1.82) is 0 Å². The van der Waals surface area contributed by atoms with E-state index in [1.807, 2.05) is 7.05 Å². The number of hydrogen-bond donors (Lipinski definition) is 0. The van der Waals surface area contributed by atoms with Gasteiger partial charge in [0.1, 0.15) is 0 Å². The van der Waals surface area contributed by atoms with E-state index in [0.29, 0.717) is 0 Å². The normalized spacial score (nSPS) is 11.5. The summed E-state index contributed by atoms with van der Waals surface area (Å²) in [6, 6.07) is 8.49. The SMILES string of the molecule is Cc1ccc(CN(C)c2nc(C(C)(C)C)c(C=O)s2)cc1. The second-order valence-electron chi connectivity index (χ2n) is 6.42. The van der Waals surface area contributed by atoms with Gasteiger partial charge in [-0.1, -0.05) is 61.9 Å². The second kappa shape index (κ2) is 5.98. The molecule has 2 aromatic rings. The predicted octanol–water partition coefficient (Wildman–Crippen LogP) is 4.20. The van der Waals surface area contributed by atoms with Gasteiger partial charge in [-0.05, 0) is 12.5 Å². The summed E-state index contributed by atoms with van der Waals surface area (Å²) in [5, 5.41) is 0.891. The van der Waals surface area contributed by atoms with E-state index in [1.165, 1.54) is 22.5 Å². The Morgan fingerprint density at radius 1 is 1.24 bits per heavy atom. The van der Waals surface area contributed by atoms with Gasteiger partial charge in [0.05, 0.1) is 10.6 Å². The highest BCUT2D eigenvalue weighted by Gasteiger charge is 2.24. The lowest BCUT2D eigenvalue weighted by molar-refractivity contribution is 0.112. The van der Waals surface area contributed by atoms with Crippen LogP contribution in [0.1, 0.15) is 47.3 Å². The van der Waals surface area contributed by atoms with Crippen molar-refractivity contribution in [1.82, 2.24) is 4.98 Å². The van der Waals surface area contributed by atoms with Gasteiger partial charge in [-0.25, -0.2) is 4.98 Å². The average molecular weight is 302 g/mol. The van der Waals surface area contributed by atoms with E-state index in [1.54, 1.807) is 0 Å². The molecule has 0 unspecified atom stereocenters. The zero-order valence-electron chi connectivity index (χ0n) is 13.3. The number of aromatic nitrogens is 1. The standard InChI is InChI=1S/C17H22N2OS/c1-12-6-8-13(9-7-12)10-19(5)16-18-15(17(2,3)4)14(11-20)21-16/h6-9,11H,10H2,1-5H3. The largest absolute Gasteiger partial charge is 0.347 e. The zero-order chi connectivity index (χ0) is 15.6. The fourth-order valence-corrected chi connectivity index (χ4v) is 3.19. The highest BCUT2D eigenvalue weighted by atomic mass is 32.1. The molecule has 21 heavy (non-hydrogen) atoms. The van der Waals surface area contributed by atoms with Crippen molar-refractivity contribution in [3.05, 3.63) is 46.0 Å². The minimum absolute atomic E-state index is 0.115. The molecule has 1 heterocycles. The molecule has 0 aliphatic rings. The van der Waals surface area contributed by atoms with E-state index in [-0.39, 0.29) is 5.41 Å². The molecule has 112 valence electrons. The summed E-state index contributed by atoms with van der Waals surface area (Å²) in [5.41, 5.74) is 3.26. The number of carbonyl (C=O) groups excluding carboxylic acids is 1. The van der Waals surface area contributed by atoms with Gasteiger partial charge in [0.15, 0.2) is 11.4 Å². The monoisotopic (exact) mass is 302 g/mol. The number of anilines is 1. The fourth-order valence-electron chi connectivity index (χ4n) is 2.14. The quantitative estimate of drug-likeness (QED) is 0.794. The molecule has 0 saturated heterocycles. The lowest BCUT2D eigenvalue weighted by Crippen LogP contribution is -2.18. The number of aryl methyl sites for hydroxylation is 1. The first-order valence-electron chi connectivity index (χ1n) is 7.04. The van der Waals surface area contributed by atoms with E-state index in [2.05, 4.69) is 61.8 Å². The molecule has 0 amide bonds. The Labute approximate surface area is 130 Å². The summed E-state index contributed by atoms with van der Waals surface area (Å²) in [7, 11) is 2.01. The highest BCUT2D eigenvalue weighted by Crippen LogP contribution is 2.32. The van der Waals surface area contributed by atoms with Crippen LogP contribution in [-0.4, -0.2) is 18.3 Å². The molecule has 0 N–H and O–H groups in total. The molecular formula is C17H22N2OS. The molecule has 3 nitrogen and oxygen atoms in total. The Morgan fingerprint density at radius 2 is 1.86 bits per heavy atom. The Kier molecular flexibility index (Phi) is 4.47. The van der Waals surface area contributed by atoms with Crippen LogP contribution < -0.4 is 4.90 Å². The van der Waals surface area contributed by atoms with Gasteiger partial charge in [-0.2, -0.15) is 0 Å². The third kappa shape index (κ3) is 3.70. The molecule has 0 saturated carbocycles. The molecule has 0 fully saturated rings. The molecular weight excluding hydrogens is 280 g/mol. The lowest BCUT2D eigenvalue weighted by Gasteiger charge is -2.18. The van der Waals surface area contributed by atoms with E-state index >= 15 is 0 Å². The topological polar surface area (TPSA) is 33.2 Å². The number of benzene rings is 1. The van der Waals surface area contributed by atoms with Crippen molar-refractivity contribution in [3.8, 4) is 0 Å². The van der Waals surface area contributed by atoms with Crippen molar-refractivity contribution >= 4 is 22.8 Å². The molecule has 1 aromatic carbocycles. The third-order valence-electron chi connectivity index (χ3n) is 3.33. The average Bonchev–Trinajstić information content (AvgIpc) is 2.85. The van der Waals surface area contributed by atoms with Gasteiger partial charge < -0.3 is 4.90 Å². The number of carbonyl (C=O) groups is 1. The smallest absolute Gasteiger partial charge is 0.186 e. The Balaban J connectivity index is 2.23. The first-order valence-corrected chi connectivity index (χ1v) is 7.86. The van der Waals surface area contributed by atoms with Gasteiger partial charge in [0.25, 0.3) is 0 Å². The second-order valence-corrected chi connectivity index (χ2v) is 7.43. The van der Waals surface area contributed by atoms with Crippen molar-refractivity contribution in [2.75, 3.05) is 11.9 Å². The molecule has 0 aliphatic heterocycles. The van der Waals surface area contributed by atoms with Gasteiger partial charge in [-0.3, -0.25) is 4.79 Å². The van der Waals surface area contributed by atoms with Crippen LogP contribution in [0, 0.1) is 6.92 Å². The van der Waals surface area contributed by atoms with Crippen LogP contribution in [0.4, 0.5) is 5.13 Å². The Morgan fingerprint density at radius 3 is 2.33 bits per heavy atom. The minimum Gasteiger partial charge on any atom is -0.347 e. The van der Waals surface area contributed by atoms with Gasteiger partial charge in [0.2, 0.25) is 0 Å². The summed E-state index contributed by atoms with van der Waals surface area (Å²) >= 11 is 1.46. The van der Waals surface area contributed by atoms with Crippen LogP contribution in [0.5, 0.6) is 0 Å². The van der Waals surface area contributed by atoms with Gasteiger partial charge >= 0.3 is 0 Å². The Hall–Kier alpha value is -1.68. The zero-order valence-corrected chi connectivity index (χ0v) is 14.1. The van der Waals surface area contributed by atoms with Crippen LogP contribution in [0.2, 0.25) is 0 Å². The van der Waals surface area contributed by atoms with Crippen LogP contribution in [0.25, 0.3) is 0 Å². The van der Waals surface area contributed by atoms with Crippen LogP contribution in [0.3, 0.4) is 0 Å². The number of aldehydes is 1. The van der Waals surface area contributed by atoms with Crippen molar-refractivity contribution < 1.29 is 4.79 Å².